The molecule has 18 heavy (non-hydrogen) atoms. The maximum Gasteiger partial charge on any atom is 0.314 e. The van der Waals surface area contributed by atoms with Crippen molar-refractivity contribution in [3.63, 3.8) is 0 Å². The predicted molar refractivity (Wildman–Crippen MR) is 69.7 cm³/mol. The lowest BCUT2D eigenvalue weighted by atomic mass is 10.1. The van der Waals surface area contributed by atoms with Gasteiger partial charge in [0, 0.05) is 36.6 Å². The summed E-state index contributed by atoms with van der Waals surface area (Å²) in [6, 6.07) is -0.0938. The van der Waals surface area contributed by atoms with Gasteiger partial charge in [0.05, 0.1) is 0 Å². The zero-order valence-electron chi connectivity index (χ0n) is 10.1. The molecule has 6 nitrogen and oxygen atoms in total. The summed E-state index contributed by atoms with van der Waals surface area (Å²) >= 11 is 1.41. The molecule has 0 bridgehead atoms. The predicted octanol–water partition coefficient (Wildman–Crippen LogP) is 1.37. The number of hydrogen-bond acceptors (Lipinski definition) is 5. The molecule has 0 aromatic carbocycles. The summed E-state index contributed by atoms with van der Waals surface area (Å²) in [4.78, 5) is 17.3. The van der Waals surface area contributed by atoms with Crippen LogP contribution in [0.25, 0.3) is 0 Å². The molecule has 1 saturated heterocycles. The van der Waals surface area contributed by atoms with Crippen LogP contribution in [-0.2, 0) is 0 Å². The minimum atomic E-state index is -0.336. The molecule has 7 heteroatoms. The van der Waals surface area contributed by atoms with E-state index in [1.807, 2.05) is 0 Å². The van der Waals surface area contributed by atoms with Crippen molar-refractivity contribution < 1.29 is 4.79 Å². The Morgan fingerprint density at radius 1 is 1.44 bits per heavy atom. The summed E-state index contributed by atoms with van der Waals surface area (Å²) in [5.41, 5.74) is 5.31. The van der Waals surface area contributed by atoms with Crippen molar-refractivity contribution in [3.05, 3.63) is 5.82 Å². The number of aromatic nitrogens is 2. The quantitative estimate of drug-likeness (QED) is 0.866. The average Bonchev–Trinajstić information content (AvgIpc) is 3.11. The Hall–Kier alpha value is -1.37. The lowest BCUT2D eigenvalue weighted by molar-refractivity contribution is 0.192. The van der Waals surface area contributed by atoms with Crippen molar-refractivity contribution in [1.82, 2.24) is 14.3 Å². The first-order valence-electron chi connectivity index (χ1n) is 6.37. The molecule has 1 aromatic rings. The summed E-state index contributed by atoms with van der Waals surface area (Å²) in [6.45, 7) is 1.42. The molecule has 1 saturated carbocycles. The van der Waals surface area contributed by atoms with E-state index in [9.17, 15) is 4.79 Å². The monoisotopic (exact) mass is 267 g/mol. The molecule has 0 spiro atoms. The number of nitrogens with zero attached hydrogens (tertiary/aromatic N) is 3. The Labute approximate surface area is 110 Å². The molecule has 2 aliphatic rings. The first kappa shape index (κ1) is 11.7. The van der Waals surface area contributed by atoms with E-state index in [0.29, 0.717) is 12.5 Å². The number of amides is 2. The molecule has 2 fully saturated rings. The maximum absolute atomic E-state index is 11.1. The van der Waals surface area contributed by atoms with Crippen LogP contribution in [0.3, 0.4) is 0 Å². The Morgan fingerprint density at radius 3 is 3.00 bits per heavy atom. The molecule has 3 N–H and O–H groups in total. The molecule has 3 rings (SSSR count). The number of likely N-dealkylation sites (tertiary alicyclic amines) is 1. The number of nitrogens with one attached hydrogen (secondary N) is 1. The number of anilines is 1. The third-order valence-corrected chi connectivity index (χ3v) is 4.11. The number of carbonyl (C=O) groups excluding carboxylic acids is 1. The molecule has 1 aliphatic heterocycles. The zero-order chi connectivity index (χ0) is 12.5. The second-order valence-corrected chi connectivity index (χ2v) is 5.75. The van der Waals surface area contributed by atoms with Gasteiger partial charge in [0.15, 0.2) is 0 Å². The van der Waals surface area contributed by atoms with Crippen LogP contribution in [0, 0.1) is 0 Å². The van der Waals surface area contributed by atoms with E-state index >= 15 is 0 Å². The molecule has 1 aromatic heterocycles. The third kappa shape index (κ3) is 2.55. The third-order valence-electron chi connectivity index (χ3n) is 3.44. The molecule has 1 aliphatic carbocycles. The van der Waals surface area contributed by atoms with Crippen LogP contribution in [0.4, 0.5) is 9.93 Å². The number of nitrogens with two attached hydrogens (primary N) is 1. The van der Waals surface area contributed by atoms with Gasteiger partial charge in [-0.3, -0.25) is 0 Å². The number of rotatable bonds is 3. The van der Waals surface area contributed by atoms with Gasteiger partial charge in [0.2, 0.25) is 5.13 Å². The van der Waals surface area contributed by atoms with Crippen LogP contribution in [0.1, 0.15) is 37.4 Å². The van der Waals surface area contributed by atoms with Gasteiger partial charge in [-0.1, -0.05) is 0 Å². The van der Waals surface area contributed by atoms with Crippen molar-refractivity contribution in [2.24, 2.45) is 5.73 Å². The van der Waals surface area contributed by atoms with Gasteiger partial charge in [-0.25, -0.2) is 9.78 Å². The van der Waals surface area contributed by atoms with Gasteiger partial charge in [-0.2, -0.15) is 4.37 Å². The normalized spacial score (nSPS) is 24.0. The molecule has 1 atom stereocenters. The van der Waals surface area contributed by atoms with Gasteiger partial charge in [0.25, 0.3) is 0 Å². The largest absolute Gasteiger partial charge is 0.356 e. The van der Waals surface area contributed by atoms with Crippen LogP contribution >= 0.6 is 11.5 Å². The lowest BCUT2D eigenvalue weighted by Gasteiger charge is -2.31. The van der Waals surface area contributed by atoms with Crippen LogP contribution in [0.15, 0.2) is 0 Å². The first-order valence-corrected chi connectivity index (χ1v) is 7.14. The van der Waals surface area contributed by atoms with Crippen LogP contribution < -0.4 is 11.1 Å². The number of carbonyl (C=O) groups is 1. The molecular weight excluding hydrogens is 250 g/mol. The van der Waals surface area contributed by atoms with Gasteiger partial charge in [-0.15, -0.1) is 0 Å². The first-order chi connectivity index (χ1) is 8.72. The number of hydrogen-bond donors (Lipinski definition) is 2. The molecule has 0 unspecified atom stereocenters. The highest BCUT2D eigenvalue weighted by Crippen LogP contribution is 2.39. The molecule has 0 radical (unpaired) electrons. The molecule has 2 amide bonds. The van der Waals surface area contributed by atoms with Crippen LogP contribution in [0.5, 0.6) is 0 Å². The van der Waals surface area contributed by atoms with Crippen molar-refractivity contribution in [2.45, 2.75) is 37.6 Å². The van der Waals surface area contributed by atoms with E-state index in [0.717, 1.165) is 30.3 Å². The van der Waals surface area contributed by atoms with Crippen LogP contribution in [-0.4, -0.2) is 39.4 Å². The number of piperidine rings is 1. The summed E-state index contributed by atoms with van der Waals surface area (Å²) < 4.78 is 4.36. The Bertz CT molecular complexity index is 444. The lowest BCUT2D eigenvalue weighted by Crippen LogP contribution is -2.47. The fourth-order valence-electron chi connectivity index (χ4n) is 2.27. The van der Waals surface area contributed by atoms with Gasteiger partial charge < -0.3 is 16.0 Å². The molecule has 98 valence electrons. The highest BCUT2D eigenvalue weighted by molar-refractivity contribution is 7.09. The van der Waals surface area contributed by atoms with Crippen molar-refractivity contribution >= 4 is 22.7 Å². The summed E-state index contributed by atoms with van der Waals surface area (Å²) in [5, 5.41) is 4.23. The van der Waals surface area contributed by atoms with E-state index in [-0.39, 0.29) is 12.1 Å². The SMILES string of the molecule is NC(=O)N1CCC[C@@H](Nc2nc(C3CC3)ns2)C1. The standard InChI is InChI=1S/C11H17N5OS/c12-10(17)16-5-1-2-8(6-16)13-11-14-9(15-18-11)7-3-4-7/h7-8H,1-6H2,(H2,12,17)(H,13,14,15)/t8-/m1/s1. The number of primary amides is 1. The second kappa shape index (κ2) is 4.72. The molecule has 2 heterocycles. The Kier molecular flexibility index (Phi) is 3.07. The topological polar surface area (TPSA) is 84.1 Å². The number of urea groups is 1. The minimum absolute atomic E-state index is 0.242. The minimum Gasteiger partial charge on any atom is -0.356 e. The van der Waals surface area contributed by atoms with E-state index < -0.39 is 0 Å². The second-order valence-electron chi connectivity index (χ2n) is 5.00. The highest BCUT2D eigenvalue weighted by atomic mass is 32.1. The van der Waals surface area contributed by atoms with Crippen molar-refractivity contribution in [1.29, 1.82) is 0 Å². The van der Waals surface area contributed by atoms with Gasteiger partial charge >= 0.3 is 6.03 Å². The van der Waals surface area contributed by atoms with E-state index in [1.54, 1.807) is 4.90 Å². The zero-order valence-corrected chi connectivity index (χ0v) is 10.9. The maximum atomic E-state index is 11.1. The van der Waals surface area contributed by atoms with Gasteiger partial charge in [-0.05, 0) is 25.7 Å². The highest BCUT2D eigenvalue weighted by Gasteiger charge is 2.28. The molecular formula is C11H17N5OS. The fourth-order valence-corrected chi connectivity index (χ4v) is 2.99. The smallest absolute Gasteiger partial charge is 0.314 e. The van der Waals surface area contributed by atoms with E-state index in [4.69, 9.17) is 5.73 Å². The Morgan fingerprint density at radius 2 is 2.28 bits per heavy atom. The van der Waals surface area contributed by atoms with E-state index in [2.05, 4.69) is 14.7 Å². The van der Waals surface area contributed by atoms with E-state index in [1.165, 1.54) is 24.4 Å². The van der Waals surface area contributed by atoms with Crippen molar-refractivity contribution in [2.75, 3.05) is 18.4 Å². The van der Waals surface area contributed by atoms with Gasteiger partial charge in [0.1, 0.15) is 5.82 Å². The fraction of sp³-hybridized carbons (Fsp3) is 0.727. The summed E-state index contributed by atoms with van der Waals surface area (Å²) in [5.74, 6) is 1.57. The summed E-state index contributed by atoms with van der Waals surface area (Å²) in [6.07, 6.45) is 4.46. The van der Waals surface area contributed by atoms with Crippen LogP contribution in [0.2, 0.25) is 0 Å². The average molecular weight is 267 g/mol. The summed E-state index contributed by atoms with van der Waals surface area (Å²) in [7, 11) is 0. The van der Waals surface area contributed by atoms with Crippen molar-refractivity contribution in [3.8, 4) is 0 Å². The Balaban J connectivity index is 1.59.